The lowest BCUT2D eigenvalue weighted by Crippen LogP contribution is -2.58. The van der Waals surface area contributed by atoms with Crippen molar-refractivity contribution in [1.82, 2.24) is 20.9 Å². The molecule has 0 spiro atoms. The minimum Gasteiger partial charge on any atom is -0.449 e. The first-order chi connectivity index (χ1) is 26.5. The number of nitrogens with zero attached hydrogens (tertiary/aromatic N) is 1. The Morgan fingerprint density at radius 1 is 0.891 bits per heavy atom. The van der Waals surface area contributed by atoms with Gasteiger partial charge in [-0.3, -0.25) is 24.0 Å². The van der Waals surface area contributed by atoms with E-state index < -0.39 is 65.7 Å². The Hall–Kier alpha value is -4.78. The third kappa shape index (κ3) is 13.2. The third-order valence-electron chi connectivity index (χ3n) is 10.3. The Balaban J connectivity index is 1.46. The number of amides is 5. The van der Waals surface area contributed by atoms with Gasteiger partial charge >= 0.3 is 6.09 Å². The fraction of sp³-hybridized carbons (Fsp3) is 0.571. The van der Waals surface area contributed by atoms with Crippen LogP contribution in [-0.2, 0) is 40.1 Å². The predicted octanol–water partition coefficient (Wildman–Crippen LogP) is 4.52. The summed E-state index contributed by atoms with van der Waals surface area (Å²) < 4.78 is 11.6. The molecule has 5 N–H and O–H groups in total. The number of ketones is 1. The lowest BCUT2D eigenvalue weighted by Gasteiger charge is -2.34. The van der Waals surface area contributed by atoms with Crippen molar-refractivity contribution in [3.8, 4) is 0 Å². The molecule has 2 aliphatic rings. The van der Waals surface area contributed by atoms with Crippen molar-refractivity contribution >= 4 is 35.5 Å². The SMILES string of the molecule is CCCC(NC(=O)[C@@H]1C[C@@H](OCc2ccccc2)CN1C(=O)[C@@H](NC(=O)OCC(C)C)C1CCCCC1)C(=O)C(=O)NCCCC(C(N)=O)c1ccccc1. The summed E-state index contributed by atoms with van der Waals surface area (Å²) in [6.45, 7) is 6.41. The molecule has 0 aromatic heterocycles. The number of carbonyl (C=O) groups excluding carboxylic acids is 6. The van der Waals surface area contributed by atoms with Crippen LogP contribution in [-0.4, -0.2) is 84.3 Å². The van der Waals surface area contributed by atoms with E-state index in [2.05, 4.69) is 16.0 Å². The zero-order valence-electron chi connectivity index (χ0n) is 32.5. The van der Waals surface area contributed by atoms with Gasteiger partial charge in [0.05, 0.1) is 31.3 Å². The number of rotatable bonds is 20. The first kappa shape index (κ1) is 43.0. The maximum absolute atomic E-state index is 14.5. The highest BCUT2D eigenvalue weighted by molar-refractivity contribution is 6.38. The first-order valence-corrected chi connectivity index (χ1v) is 19.8. The molecular formula is C42H59N5O8. The average Bonchev–Trinajstić information content (AvgIpc) is 3.63. The number of likely N-dealkylation sites (tertiary alicyclic amines) is 1. The third-order valence-corrected chi connectivity index (χ3v) is 10.3. The molecule has 55 heavy (non-hydrogen) atoms. The van der Waals surface area contributed by atoms with Gasteiger partial charge in [0.2, 0.25) is 23.5 Å². The average molecular weight is 762 g/mol. The van der Waals surface area contributed by atoms with Crippen LogP contribution in [0.3, 0.4) is 0 Å². The largest absolute Gasteiger partial charge is 0.449 e. The van der Waals surface area contributed by atoms with Gasteiger partial charge in [-0.15, -0.1) is 0 Å². The second kappa shape index (κ2) is 21.9. The molecule has 13 nitrogen and oxygen atoms in total. The van der Waals surface area contributed by atoms with Gasteiger partial charge in [-0.25, -0.2) is 4.79 Å². The van der Waals surface area contributed by atoms with Crippen LogP contribution in [0.4, 0.5) is 4.79 Å². The van der Waals surface area contributed by atoms with Crippen molar-refractivity contribution in [2.45, 2.75) is 122 Å². The smallest absolute Gasteiger partial charge is 0.407 e. The van der Waals surface area contributed by atoms with Crippen molar-refractivity contribution in [2.75, 3.05) is 19.7 Å². The summed E-state index contributed by atoms with van der Waals surface area (Å²) >= 11 is 0. The van der Waals surface area contributed by atoms with Gasteiger partial charge in [0.1, 0.15) is 12.1 Å². The number of ether oxygens (including phenoxy) is 2. The molecule has 1 aliphatic heterocycles. The van der Waals surface area contributed by atoms with Crippen LogP contribution >= 0.6 is 0 Å². The van der Waals surface area contributed by atoms with E-state index in [0.29, 0.717) is 19.3 Å². The molecule has 0 radical (unpaired) electrons. The fourth-order valence-corrected chi connectivity index (χ4v) is 7.37. The van der Waals surface area contributed by atoms with E-state index in [-0.39, 0.29) is 51.0 Å². The highest BCUT2D eigenvalue weighted by atomic mass is 16.5. The molecule has 5 atom stereocenters. The second-order valence-electron chi connectivity index (χ2n) is 15.2. The molecule has 1 saturated carbocycles. The molecule has 2 aromatic rings. The molecular weight excluding hydrogens is 702 g/mol. The van der Waals surface area contributed by atoms with Crippen molar-refractivity contribution in [3.05, 3.63) is 71.8 Å². The van der Waals surface area contributed by atoms with E-state index in [9.17, 15) is 28.8 Å². The number of benzene rings is 2. The molecule has 2 unspecified atom stereocenters. The lowest BCUT2D eigenvalue weighted by atomic mass is 9.83. The van der Waals surface area contributed by atoms with Crippen molar-refractivity contribution < 1.29 is 38.2 Å². The van der Waals surface area contributed by atoms with E-state index in [1.807, 2.05) is 81.4 Å². The van der Waals surface area contributed by atoms with Crippen LogP contribution in [0.1, 0.15) is 102 Å². The Bertz CT molecular complexity index is 1570. The first-order valence-electron chi connectivity index (χ1n) is 19.8. The summed E-state index contributed by atoms with van der Waals surface area (Å²) in [5, 5.41) is 8.25. The molecule has 300 valence electrons. The monoisotopic (exact) mass is 761 g/mol. The van der Waals surface area contributed by atoms with Crippen molar-refractivity contribution in [1.29, 1.82) is 0 Å². The van der Waals surface area contributed by atoms with Crippen molar-refractivity contribution in [2.24, 2.45) is 17.6 Å². The van der Waals surface area contributed by atoms with Crippen LogP contribution in [0.15, 0.2) is 60.7 Å². The summed E-state index contributed by atoms with van der Waals surface area (Å²) in [6, 6.07) is 15.7. The molecule has 1 heterocycles. The molecule has 5 amide bonds. The van der Waals surface area contributed by atoms with Crippen LogP contribution < -0.4 is 21.7 Å². The van der Waals surface area contributed by atoms with E-state index in [4.69, 9.17) is 15.2 Å². The van der Waals surface area contributed by atoms with Crippen LogP contribution in [0.25, 0.3) is 0 Å². The molecule has 0 bridgehead atoms. The highest BCUT2D eigenvalue weighted by Crippen LogP contribution is 2.30. The van der Waals surface area contributed by atoms with Gasteiger partial charge in [-0.05, 0) is 55.1 Å². The standard InChI is InChI=1S/C42H59N5O8/c1-4-15-34(37(48)40(51)44-23-14-22-33(38(43)49)30-18-10-6-11-19-30)45-39(50)35-24-32(54-27-29-16-8-5-9-17-29)25-47(35)41(52)36(31-20-12-7-13-21-31)46-42(53)55-26-28(2)3/h5-6,8-11,16-19,28,31-36H,4,7,12-15,20-27H2,1-3H3,(H2,43,49)(H,44,51)(H,45,50)(H,46,53)/t32-,33?,34?,35+,36+/m1/s1. The van der Waals surface area contributed by atoms with Crippen molar-refractivity contribution in [3.63, 3.8) is 0 Å². The normalized spacial score (nSPS) is 18.9. The van der Waals surface area contributed by atoms with Gasteiger partial charge in [0.15, 0.2) is 0 Å². The van der Waals surface area contributed by atoms with Gasteiger partial charge in [-0.1, -0.05) is 107 Å². The minimum absolute atomic E-state index is 0.109. The molecule has 1 aliphatic carbocycles. The Morgan fingerprint density at radius 3 is 2.20 bits per heavy atom. The van der Waals surface area contributed by atoms with Crippen LogP contribution in [0.5, 0.6) is 0 Å². The quantitative estimate of drug-likeness (QED) is 0.112. The van der Waals surface area contributed by atoms with E-state index >= 15 is 0 Å². The maximum Gasteiger partial charge on any atom is 0.407 e. The summed E-state index contributed by atoms with van der Waals surface area (Å²) in [7, 11) is 0. The van der Waals surface area contributed by atoms with E-state index in [1.165, 1.54) is 4.90 Å². The van der Waals surface area contributed by atoms with E-state index in [0.717, 1.165) is 43.2 Å². The topological polar surface area (TPSA) is 186 Å². The summed E-state index contributed by atoms with van der Waals surface area (Å²) in [5.74, 6) is -3.65. The number of carbonyl (C=O) groups is 6. The number of primary amides is 1. The van der Waals surface area contributed by atoms with E-state index in [1.54, 1.807) is 0 Å². The summed E-state index contributed by atoms with van der Waals surface area (Å²) in [5.41, 5.74) is 7.35. The number of nitrogens with one attached hydrogen (secondary N) is 3. The fourth-order valence-electron chi connectivity index (χ4n) is 7.37. The van der Waals surface area contributed by atoms with Crippen LogP contribution in [0.2, 0.25) is 0 Å². The number of nitrogens with two attached hydrogens (primary N) is 1. The summed E-state index contributed by atoms with van der Waals surface area (Å²) in [6.07, 6.45) is 4.86. The lowest BCUT2D eigenvalue weighted by molar-refractivity contribution is -0.143. The Labute approximate surface area is 324 Å². The Kier molecular flexibility index (Phi) is 17.1. The molecule has 2 fully saturated rings. The maximum atomic E-state index is 14.5. The minimum atomic E-state index is -1.13. The zero-order valence-corrected chi connectivity index (χ0v) is 32.5. The Morgan fingerprint density at radius 2 is 1.56 bits per heavy atom. The van der Waals surface area contributed by atoms with Gasteiger partial charge in [0, 0.05) is 19.5 Å². The van der Waals surface area contributed by atoms with Gasteiger partial charge < -0.3 is 36.1 Å². The van der Waals surface area contributed by atoms with Gasteiger partial charge in [0.25, 0.3) is 5.91 Å². The molecule has 4 rings (SSSR count). The number of Topliss-reactive ketones (excluding diaryl/α,β-unsaturated/α-hetero) is 1. The number of hydrogen-bond donors (Lipinski definition) is 4. The molecule has 1 saturated heterocycles. The second-order valence-corrected chi connectivity index (χ2v) is 15.2. The van der Waals surface area contributed by atoms with Gasteiger partial charge in [-0.2, -0.15) is 0 Å². The molecule has 13 heteroatoms. The zero-order chi connectivity index (χ0) is 39.7. The number of alkyl carbamates (subject to hydrolysis) is 1. The number of hydrogen-bond acceptors (Lipinski definition) is 8. The summed E-state index contributed by atoms with van der Waals surface area (Å²) in [4.78, 5) is 81.6. The van der Waals surface area contributed by atoms with Crippen LogP contribution in [0, 0.1) is 11.8 Å². The molecule has 2 aromatic carbocycles. The predicted molar refractivity (Wildman–Crippen MR) is 207 cm³/mol. The highest BCUT2D eigenvalue weighted by Gasteiger charge is 2.45.